The van der Waals surface area contributed by atoms with Gasteiger partial charge in [-0.15, -0.1) is 0 Å². The van der Waals surface area contributed by atoms with Crippen molar-refractivity contribution in [3.05, 3.63) is 17.9 Å². The molecule has 4 nitrogen and oxygen atoms in total. The summed E-state index contributed by atoms with van der Waals surface area (Å²) in [5.41, 5.74) is 7.30. The SMILES string of the molecule is COc1cc(N2CCCN(C)CC2C)c(N)cc1F. The van der Waals surface area contributed by atoms with Crippen LogP contribution in [-0.2, 0) is 0 Å². The predicted molar refractivity (Wildman–Crippen MR) is 76.3 cm³/mol. The highest BCUT2D eigenvalue weighted by atomic mass is 19.1. The lowest BCUT2D eigenvalue weighted by Gasteiger charge is -2.31. The lowest BCUT2D eigenvalue weighted by atomic mass is 10.1. The van der Waals surface area contributed by atoms with Crippen molar-refractivity contribution in [1.82, 2.24) is 4.90 Å². The van der Waals surface area contributed by atoms with Crippen molar-refractivity contribution in [2.75, 3.05) is 44.4 Å². The molecule has 0 bridgehead atoms. The second-order valence-electron chi connectivity index (χ2n) is 5.20. The third kappa shape index (κ3) is 2.92. The second-order valence-corrected chi connectivity index (χ2v) is 5.20. The Kier molecular flexibility index (Phi) is 4.14. The first-order valence-electron chi connectivity index (χ1n) is 6.61. The molecular formula is C14H22FN3O. The van der Waals surface area contributed by atoms with Crippen LogP contribution in [0.2, 0.25) is 0 Å². The Morgan fingerprint density at radius 1 is 1.37 bits per heavy atom. The highest BCUT2D eigenvalue weighted by molar-refractivity contribution is 5.70. The number of hydrogen-bond acceptors (Lipinski definition) is 4. The maximum Gasteiger partial charge on any atom is 0.167 e. The molecule has 1 atom stereocenters. The van der Waals surface area contributed by atoms with E-state index in [0.29, 0.717) is 11.7 Å². The fourth-order valence-corrected chi connectivity index (χ4v) is 2.69. The average molecular weight is 267 g/mol. The molecule has 1 aromatic carbocycles. The van der Waals surface area contributed by atoms with Gasteiger partial charge in [0.1, 0.15) is 0 Å². The van der Waals surface area contributed by atoms with Crippen LogP contribution in [0.3, 0.4) is 0 Å². The van der Waals surface area contributed by atoms with Crippen LogP contribution in [0.5, 0.6) is 5.75 Å². The van der Waals surface area contributed by atoms with Crippen LogP contribution in [0, 0.1) is 5.82 Å². The van der Waals surface area contributed by atoms with Crippen molar-refractivity contribution in [3.8, 4) is 5.75 Å². The number of methoxy groups -OCH3 is 1. The van der Waals surface area contributed by atoms with Gasteiger partial charge in [0.15, 0.2) is 11.6 Å². The standard InChI is InChI=1S/C14H22FN3O/c1-10-9-17(2)5-4-6-18(10)13-8-14(19-3)11(15)7-12(13)16/h7-8,10H,4-6,9,16H2,1-3H3. The number of nitrogens with two attached hydrogens (primary N) is 1. The number of hydrogen-bond donors (Lipinski definition) is 1. The predicted octanol–water partition coefficient (Wildman–Crippen LogP) is 1.95. The lowest BCUT2D eigenvalue weighted by molar-refractivity contribution is 0.337. The van der Waals surface area contributed by atoms with Crippen LogP contribution in [0.25, 0.3) is 0 Å². The van der Waals surface area contributed by atoms with Gasteiger partial charge in [-0.1, -0.05) is 0 Å². The first-order chi connectivity index (χ1) is 9.02. The number of benzene rings is 1. The van der Waals surface area contributed by atoms with Gasteiger partial charge >= 0.3 is 0 Å². The number of rotatable bonds is 2. The Labute approximate surface area is 113 Å². The Morgan fingerprint density at radius 2 is 2.11 bits per heavy atom. The molecule has 106 valence electrons. The van der Waals surface area contributed by atoms with Gasteiger partial charge in [0.2, 0.25) is 0 Å². The van der Waals surface area contributed by atoms with E-state index < -0.39 is 5.82 Å². The molecule has 5 heteroatoms. The van der Waals surface area contributed by atoms with E-state index in [9.17, 15) is 4.39 Å². The van der Waals surface area contributed by atoms with E-state index in [1.54, 1.807) is 6.07 Å². The summed E-state index contributed by atoms with van der Waals surface area (Å²) in [6.45, 7) is 5.12. The average Bonchev–Trinajstić information content (AvgIpc) is 2.51. The Balaban J connectivity index is 2.34. The minimum atomic E-state index is -0.414. The van der Waals surface area contributed by atoms with Crippen molar-refractivity contribution in [1.29, 1.82) is 0 Å². The van der Waals surface area contributed by atoms with Gasteiger partial charge < -0.3 is 20.3 Å². The molecule has 2 N–H and O–H groups in total. The zero-order valence-corrected chi connectivity index (χ0v) is 11.8. The van der Waals surface area contributed by atoms with E-state index in [2.05, 4.69) is 23.8 Å². The van der Waals surface area contributed by atoms with Gasteiger partial charge in [-0.25, -0.2) is 4.39 Å². The molecule has 0 spiro atoms. The molecule has 1 unspecified atom stereocenters. The highest BCUT2D eigenvalue weighted by Crippen LogP contribution is 2.32. The Hall–Kier alpha value is -1.49. The van der Waals surface area contributed by atoms with Crippen LogP contribution in [0.4, 0.5) is 15.8 Å². The maximum atomic E-state index is 13.6. The van der Waals surface area contributed by atoms with Crippen LogP contribution in [0.15, 0.2) is 12.1 Å². The highest BCUT2D eigenvalue weighted by Gasteiger charge is 2.22. The fourth-order valence-electron chi connectivity index (χ4n) is 2.69. The molecule has 19 heavy (non-hydrogen) atoms. The number of ether oxygens (including phenoxy) is 1. The molecule has 0 aliphatic carbocycles. The van der Waals surface area contributed by atoms with Crippen molar-refractivity contribution in [2.45, 2.75) is 19.4 Å². The minimum Gasteiger partial charge on any atom is -0.494 e. The summed E-state index contributed by atoms with van der Waals surface area (Å²) in [6.07, 6.45) is 1.07. The molecule has 1 heterocycles. The van der Waals surface area contributed by atoms with Crippen molar-refractivity contribution in [2.24, 2.45) is 0 Å². The van der Waals surface area contributed by atoms with Gasteiger partial charge in [0.05, 0.1) is 18.5 Å². The zero-order chi connectivity index (χ0) is 14.0. The van der Waals surface area contributed by atoms with Crippen molar-refractivity contribution in [3.63, 3.8) is 0 Å². The van der Waals surface area contributed by atoms with Crippen LogP contribution in [0.1, 0.15) is 13.3 Å². The number of nitrogen functional groups attached to an aromatic ring is 1. The molecule has 1 saturated heterocycles. The molecule has 2 rings (SSSR count). The summed E-state index contributed by atoms with van der Waals surface area (Å²) >= 11 is 0. The summed E-state index contributed by atoms with van der Waals surface area (Å²) in [7, 11) is 3.59. The number of halogens is 1. The molecule has 1 aliphatic heterocycles. The lowest BCUT2D eigenvalue weighted by Crippen LogP contribution is -2.38. The summed E-state index contributed by atoms with van der Waals surface area (Å²) < 4.78 is 18.7. The summed E-state index contributed by atoms with van der Waals surface area (Å²) in [5.74, 6) is -0.169. The van der Waals surface area contributed by atoms with E-state index in [0.717, 1.165) is 31.7 Å². The molecule has 1 aromatic rings. The van der Waals surface area contributed by atoms with E-state index in [1.807, 2.05) is 0 Å². The minimum absolute atomic E-state index is 0.244. The van der Waals surface area contributed by atoms with Crippen molar-refractivity contribution >= 4 is 11.4 Å². The number of nitrogens with zero attached hydrogens (tertiary/aromatic N) is 2. The molecule has 0 aromatic heterocycles. The second kappa shape index (κ2) is 5.65. The van der Waals surface area contributed by atoms with Gasteiger partial charge in [-0.05, 0) is 26.9 Å². The van der Waals surface area contributed by atoms with Crippen molar-refractivity contribution < 1.29 is 9.13 Å². The normalized spacial score (nSPS) is 21.3. The third-order valence-corrected chi connectivity index (χ3v) is 3.66. The number of anilines is 2. The molecule has 0 radical (unpaired) electrons. The van der Waals surface area contributed by atoms with Gasteiger partial charge in [0.25, 0.3) is 0 Å². The fraction of sp³-hybridized carbons (Fsp3) is 0.571. The Bertz CT molecular complexity index is 453. The van der Waals surface area contributed by atoms with Gasteiger partial charge in [0, 0.05) is 31.3 Å². The van der Waals surface area contributed by atoms with Crippen LogP contribution >= 0.6 is 0 Å². The van der Waals surface area contributed by atoms with E-state index in [1.165, 1.54) is 13.2 Å². The zero-order valence-electron chi connectivity index (χ0n) is 11.8. The topological polar surface area (TPSA) is 41.7 Å². The van der Waals surface area contributed by atoms with Crippen LogP contribution in [-0.4, -0.2) is 44.7 Å². The number of likely N-dealkylation sites (N-methyl/N-ethyl adjacent to an activating group) is 1. The summed E-state index contributed by atoms with van der Waals surface area (Å²) in [5, 5.41) is 0. The summed E-state index contributed by atoms with van der Waals surface area (Å²) in [6, 6.07) is 3.38. The van der Waals surface area contributed by atoms with E-state index in [-0.39, 0.29) is 5.75 Å². The molecule has 0 amide bonds. The molecular weight excluding hydrogens is 245 g/mol. The van der Waals surface area contributed by atoms with E-state index >= 15 is 0 Å². The molecule has 0 saturated carbocycles. The first kappa shape index (κ1) is 13.9. The Morgan fingerprint density at radius 3 is 2.79 bits per heavy atom. The smallest absolute Gasteiger partial charge is 0.167 e. The van der Waals surface area contributed by atoms with Crippen LogP contribution < -0.4 is 15.4 Å². The van der Waals surface area contributed by atoms with Gasteiger partial charge in [-0.2, -0.15) is 0 Å². The molecule has 1 fully saturated rings. The molecule has 1 aliphatic rings. The maximum absolute atomic E-state index is 13.6. The van der Waals surface area contributed by atoms with Gasteiger partial charge in [-0.3, -0.25) is 0 Å². The summed E-state index contributed by atoms with van der Waals surface area (Å²) in [4.78, 5) is 4.54. The quantitative estimate of drug-likeness (QED) is 0.832. The van der Waals surface area contributed by atoms with E-state index in [4.69, 9.17) is 10.5 Å². The first-order valence-corrected chi connectivity index (χ1v) is 6.61. The third-order valence-electron chi connectivity index (χ3n) is 3.66. The largest absolute Gasteiger partial charge is 0.494 e. The monoisotopic (exact) mass is 267 g/mol.